The van der Waals surface area contributed by atoms with Gasteiger partial charge in [-0.15, -0.1) is 0 Å². The smallest absolute Gasteiger partial charge is 0.416 e. The third kappa shape index (κ3) is 5.23. The molecule has 0 saturated carbocycles. The number of methoxy groups -OCH3 is 2. The Kier molecular flexibility index (Phi) is 7.45. The highest BCUT2D eigenvalue weighted by atomic mass is 19.4. The lowest BCUT2D eigenvalue weighted by Gasteiger charge is -2.37. The summed E-state index contributed by atoms with van der Waals surface area (Å²) in [6, 6.07) is 9.11. The zero-order valence-electron chi connectivity index (χ0n) is 22.8. The molecule has 0 unspecified atom stereocenters. The van der Waals surface area contributed by atoms with Gasteiger partial charge in [-0.05, 0) is 24.3 Å². The van der Waals surface area contributed by atoms with Crippen LogP contribution in [0.25, 0.3) is 0 Å². The fourth-order valence-corrected chi connectivity index (χ4v) is 5.48. The lowest BCUT2D eigenvalue weighted by Crippen LogP contribution is -2.51. The average Bonchev–Trinajstić information content (AvgIpc) is 3.29. The zero-order chi connectivity index (χ0) is 29.5. The fourth-order valence-electron chi connectivity index (χ4n) is 5.48. The molecule has 4 amide bonds. The van der Waals surface area contributed by atoms with Crippen molar-refractivity contribution in [2.45, 2.75) is 12.2 Å². The predicted molar refractivity (Wildman–Crippen MR) is 142 cm³/mol. The summed E-state index contributed by atoms with van der Waals surface area (Å²) in [6.07, 6.45) is -4.44. The largest absolute Gasteiger partial charge is 0.493 e. The first-order chi connectivity index (χ1) is 19.5. The molecule has 0 spiro atoms. The Balaban J connectivity index is 1.28. The van der Waals surface area contributed by atoms with E-state index in [9.17, 15) is 27.6 Å². The third-order valence-electron chi connectivity index (χ3n) is 7.68. The van der Waals surface area contributed by atoms with Gasteiger partial charge in [-0.2, -0.15) is 13.2 Å². The Morgan fingerprint density at radius 1 is 1.02 bits per heavy atom. The number of carbonyl (C=O) groups is 3. The van der Waals surface area contributed by atoms with Crippen LogP contribution in [0.2, 0.25) is 0 Å². The predicted octanol–water partition coefficient (Wildman–Crippen LogP) is 2.86. The van der Waals surface area contributed by atoms with Crippen molar-refractivity contribution in [3.8, 4) is 11.5 Å². The van der Waals surface area contributed by atoms with E-state index in [0.717, 1.165) is 12.1 Å². The molecule has 0 aromatic heterocycles. The van der Waals surface area contributed by atoms with E-state index in [1.165, 1.54) is 30.1 Å². The van der Waals surface area contributed by atoms with Crippen molar-refractivity contribution >= 4 is 23.5 Å². The number of amides is 4. The molecule has 1 fully saturated rings. The zero-order valence-corrected chi connectivity index (χ0v) is 22.8. The Labute approximate surface area is 234 Å². The van der Waals surface area contributed by atoms with Crippen molar-refractivity contribution in [1.29, 1.82) is 0 Å². The minimum atomic E-state index is -4.44. The van der Waals surface area contributed by atoms with Gasteiger partial charge in [-0.1, -0.05) is 18.2 Å². The summed E-state index contributed by atoms with van der Waals surface area (Å²) in [7, 11) is 4.53. The summed E-state index contributed by atoms with van der Waals surface area (Å²) in [5.41, 5.74) is 1.11. The third-order valence-corrected chi connectivity index (χ3v) is 7.68. The van der Waals surface area contributed by atoms with Gasteiger partial charge in [0.15, 0.2) is 11.5 Å². The number of urea groups is 1. The second-order valence-corrected chi connectivity index (χ2v) is 9.96. The molecule has 1 N–H and O–H groups in total. The molecule has 3 aliphatic heterocycles. The quantitative estimate of drug-likeness (QED) is 0.572. The number of hydrogen-bond donors (Lipinski definition) is 1. The van der Waals surface area contributed by atoms with Crippen LogP contribution < -0.4 is 19.7 Å². The monoisotopic (exact) mass is 573 g/mol. The number of piperazine rings is 1. The Morgan fingerprint density at radius 2 is 1.73 bits per heavy atom. The summed E-state index contributed by atoms with van der Waals surface area (Å²) >= 11 is 0. The van der Waals surface area contributed by atoms with Crippen LogP contribution in [0.15, 0.2) is 53.7 Å². The number of hydrogen-bond acceptors (Lipinski definition) is 6. The van der Waals surface area contributed by atoms with Crippen LogP contribution in [0.3, 0.4) is 0 Å². The molecule has 0 bridgehead atoms. The number of carbonyl (C=O) groups excluding carboxylic acids is 3. The van der Waals surface area contributed by atoms with Crippen molar-refractivity contribution in [2.24, 2.45) is 0 Å². The minimum absolute atomic E-state index is 0.0802. The normalized spacial score (nSPS) is 19.4. The van der Waals surface area contributed by atoms with Crippen LogP contribution in [0.1, 0.15) is 17.2 Å². The number of halogens is 3. The number of benzene rings is 2. The summed E-state index contributed by atoms with van der Waals surface area (Å²) < 4.78 is 50.3. The van der Waals surface area contributed by atoms with E-state index in [-0.39, 0.29) is 24.9 Å². The lowest BCUT2D eigenvalue weighted by atomic mass is 9.94. The van der Waals surface area contributed by atoms with E-state index >= 15 is 0 Å². The molecule has 2 aromatic rings. The molecular weight excluding hydrogens is 543 g/mol. The van der Waals surface area contributed by atoms with E-state index in [4.69, 9.17) is 9.47 Å². The molecule has 3 aliphatic rings. The minimum Gasteiger partial charge on any atom is -0.493 e. The van der Waals surface area contributed by atoms with Crippen molar-refractivity contribution in [2.75, 3.05) is 65.4 Å². The Bertz CT molecular complexity index is 1400. The van der Waals surface area contributed by atoms with Crippen LogP contribution in [-0.4, -0.2) is 93.1 Å². The van der Waals surface area contributed by atoms with Gasteiger partial charge in [0.1, 0.15) is 6.54 Å². The van der Waals surface area contributed by atoms with Crippen molar-refractivity contribution < 1.29 is 37.0 Å². The highest BCUT2D eigenvalue weighted by Gasteiger charge is 2.44. The first kappa shape index (κ1) is 28.1. The number of alkyl halides is 3. The molecule has 3 heterocycles. The van der Waals surface area contributed by atoms with E-state index in [1.54, 1.807) is 41.1 Å². The molecule has 0 radical (unpaired) electrons. The summed E-state index contributed by atoms with van der Waals surface area (Å²) in [6.45, 7) is 1.20. The molecule has 1 saturated heterocycles. The second kappa shape index (κ2) is 10.9. The number of anilines is 1. The number of nitrogens with zero attached hydrogens (tertiary/aromatic N) is 4. The van der Waals surface area contributed by atoms with Crippen molar-refractivity contribution in [3.63, 3.8) is 0 Å². The van der Waals surface area contributed by atoms with Gasteiger partial charge in [0, 0.05) is 44.5 Å². The van der Waals surface area contributed by atoms with E-state index < -0.39 is 23.8 Å². The Morgan fingerprint density at radius 3 is 2.39 bits per heavy atom. The molecule has 2 aromatic carbocycles. The number of rotatable bonds is 6. The molecule has 0 aliphatic carbocycles. The maximum absolute atomic E-state index is 13.6. The number of para-hydroxylation sites is 1. The van der Waals surface area contributed by atoms with Crippen LogP contribution in [0.5, 0.6) is 11.5 Å². The van der Waals surface area contributed by atoms with Gasteiger partial charge in [0.05, 0.1) is 43.6 Å². The van der Waals surface area contributed by atoms with Gasteiger partial charge in [-0.3, -0.25) is 14.5 Å². The summed E-state index contributed by atoms with van der Waals surface area (Å²) in [4.78, 5) is 45.9. The fraction of sp³-hybridized carbons (Fsp3) is 0.393. The van der Waals surface area contributed by atoms with Crippen LogP contribution in [0, 0.1) is 0 Å². The van der Waals surface area contributed by atoms with E-state index in [1.807, 2.05) is 0 Å². The molecule has 13 heteroatoms. The summed E-state index contributed by atoms with van der Waals surface area (Å²) in [5, 5.41) is 2.86. The SMILES string of the molecule is COc1cccc([C@H]2NC(=O)N(C)C3=C2C(=O)N(CC(=O)N2CCN(c4cccc(C(F)(F)F)c4)CC2)C3)c1OC. The molecular formula is C28H30F3N5O5. The first-order valence-corrected chi connectivity index (χ1v) is 13.0. The van der Waals surface area contributed by atoms with Gasteiger partial charge >= 0.3 is 12.2 Å². The molecule has 10 nitrogen and oxygen atoms in total. The van der Waals surface area contributed by atoms with Gasteiger partial charge in [0.2, 0.25) is 5.91 Å². The number of ether oxygens (including phenoxy) is 2. The van der Waals surface area contributed by atoms with Crippen molar-refractivity contribution in [1.82, 2.24) is 20.0 Å². The number of likely N-dealkylation sites (N-methyl/N-ethyl adjacent to an activating group) is 1. The number of nitrogens with one attached hydrogen (secondary N) is 1. The molecule has 5 rings (SSSR count). The van der Waals surface area contributed by atoms with Crippen molar-refractivity contribution in [3.05, 3.63) is 64.9 Å². The van der Waals surface area contributed by atoms with Crippen LogP contribution >= 0.6 is 0 Å². The molecule has 41 heavy (non-hydrogen) atoms. The summed E-state index contributed by atoms with van der Waals surface area (Å²) in [5.74, 6) is 0.178. The highest BCUT2D eigenvalue weighted by molar-refractivity contribution is 6.03. The van der Waals surface area contributed by atoms with Gasteiger partial charge in [-0.25, -0.2) is 4.79 Å². The van der Waals surface area contributed by atoms with Gasteiger partial charge < -0.3 is 29.5 Å². The Hall–Kier alpha value is -4.42. The van der Waals surface area contributed by atoms with E-state index in [2.05, 4.69) is 5.32 Å². The molecule has 1 atom stereocenters. The highest BCUT2D eigenvalue weighted by Crippen LogP contribution is 2.42. The maximum Gasteiger partial charge on any atom is 0.416 e. The van der Waals surface area contributed by atoms with Gasteiger partial charge in [0.25, 0.3) is 5.91 Å². The topological polar surface area (TPSA) is 94.7 Å². The second-order valence-electron chi connectivity index (χ2n) is 9.96. The first-order valence-electron chi connectivity index (χ1n) is 13.0. The van der Waals surface area contributed by atoms with Crippen LogP contribution in [0.4, 0.5) is 23.7 Å². The molecule has 218 valence electrons. The lowest BCUT2D eigenvalue weighted by molar-refractivity contribution is -0.137. The van der Waals surface area contributed by atoms with Crippen LogP contribution in [-0.2, 0) is 15.8 Å². The standard InChI is InChI=1S/C28H30F3N5O5/c1-33-20-15-36(26(38)23(20)24(32-27(33)39)19-8-5-9-21(40-2)25(19)41-3)16-22(37)35-12-10-34(11-13-35)18-7-4-6-17(14-18)28(29,30)31/h4-9,14,24H,10-13,15-16H2,1-3H3,(H,32,39)/t24-/m1/s1. The maximum atomic E-state index is 13.6. The van der Waals surface area contributed by atoms with E-state index in [0.29, 0.717) is 60.2 Å². The average molecular weight is 574 g/mol.